The third-order valence-electron chi connectivity index (χ3n) is 18.3. The molecule has 0 radical (unpaired) electrons. The molecule has 7 aromatic rings. The number of carbonyl (C=O) groups excluding carboxylic acids is 2. The van der Waals surface area contributed by atoms with Crippen LogP contribution in [-0.2, 0) is 21.4 Å². The van der Waals surface area contributed by atoms with Crippen LogP contribution in [0.15, 0.2) is 77.0 Å². The molecule has 7 N–H and O–H groups in total. The number of nitrogens with zero attached hydrogens (tertiary/aromatic N) is 7. The molecule has 0 spiro atoms. The monoisotopic (exact) mass is 1150 g/mol. The largest absolute Gasteiger partial charge is 0.508 e. The lowest BCUT2D eigenvalue weighted by Crippen LogP contribution is -2.60. The first-order valence-electron chi connectivity index (χ1n) is 29.7. The molecule has 9 heterocycles. The topological polar surface area (TPSA) is 236 Å². The Hall–Kier alpha value is -6.68. The fraction of sp³-hybridized carbons (Fsp3) is 0.508. The molecule has 6 unspecified atom stereocenters. The van der Waals surface area contributed by atoms with Gasteiger partial charge in [0.2, 0.25) is 5.91 Å². The Labute approximate surface area is 487 Å². The zero-order chi connectivity index (χ0) is 57.8. The Balaban J connectivity index is 0.727. The zero-order valence-electron chi connectivity index (χ0n) is 48.0. The first-order chi connectivity index (χ1) is 40.0. The van der Waals surface area contributed by atoms with Gasteiger partial charge in [0, 0.05) is 80.4 Å². The number of phenols is 1. The van der Waals surface area contributed by atoms with E-state index in [0.29, 0.717) is 92.9 Å². The van der Waals surface area contributed by atoms with Crippen LogP contribution >= 0.6 is 11.3 Å². The second-order valence-electron chi connectivity index (χ2n) is 24.7. The van der Waals surface area contributed by atoms with Gasteiger partial charge in [0.05, 0.1) is 52.0 Å². The molecule has 1 amide bonds. The number of halogens is 1. The summed E-state index contributed by atoms with van der Waals surface area (Å²) in [6.45, 7) is 12.8. The lowest BCUT2D eigenvalue weighted by atomic mass is 9.76. The number of nitrogens with one attached hydrogen (secondary N) is 4. The third-order valence-corrected chi connectivity index (χ3v) is 19.3. The average Bonchev–Trinajstić information content (AvgIpc) is 2.94. The second-order valence-corrected chi connectivity index (χ2v) is 25.5. The highest BCUT2D eigenvalue weighted by molar-refractivity contribution is 7.13. The summed E-state index contributed by atoms with van der Waals surface area (Å²) in [5, 5.41) is 54.2. The normalized spacial score (nSPS) is 25.1. The number of fused-ring (bicyclic) bond motifs is 4. The quantitative estimate of drug-likeness (QED) is 0.0399. The van der Waals surface area contributed by atoms with Crippen LogP contribution in [0.5, 0.6) is 11.8 Å². The number of piperazine rings is 1. The molecule has 5 saturated heterocycles. The Morgan fingerprint density at radius 3 is 2.59 bits per heavy atom. The number of benzene rings is 3. The van der Waals surface area contributed by atoms with E-state index in [1.54, 1.807) is 35.9 Å². The number of thiazole rings is 1. The van der Waals surface area contributed by atoms with Crippen LogP contribution < -0.4 is 35.8 Å². The molecule has 20 heteroatoms. The molecule has 2 bridgehead atoms. The number of ketones is 1. The maximum Gasteiger partial charge on any atom is 0.319 e. The lowest BCUT2D eigenvalue weighted by molar-refractivity contribution is -0.138. The number of piperidine rings is 2. The van der Waals surface area contributed by atoms with Gasteiger partial charge in [0.1, 0.15) is 28.5 Å². The first kappa shape index (κ1) is 56.8. The molecule has 0 aliphatic carbocycles. The number of Topliss-reactive ketones (excluding diaryl/α,β-unsaturated/α-hetero) is 1. The summed E-state index contributed by atoms with van der Waals surface area (Å²) in [6.07, 6.45) is 10.00. The average molecular weight is 1150 g/mol. The summed E-state index contributed by atoms with van der Waals surface area (Å²) in [7, 11) is 0. The van der Waals surface area contributed by atoms with Crippen LogP contribution in [0.2, 0.25) is 0 Å². The minimum absolute atomic E-state index is 0.0179. The predicted octanol–water partition coefficient (Wildman–Crippen LogP) is 8.52. The van der Waals surface area contributed by atoms with Gasteiger partial charge in [-0.1, -0.05) is 68.4 Å². The number of carbonyl (C=O) groups is 2. The van der Waals surface area contributed by atoms with E-state index in [0.717, 1.165) is 75.8 Å². The van der Waals surface area contributed by atoms with Crippen LogP contribution in [0.3, 0.4) is 0 Å². The second kappa shape index (κ2) is 23.1. The van der Waals surface area contributed by atoms with E-state index in [9.17, 15) is 24.9 Å². The van der Waals surface area contributed by atoms with E-state index in [1.165, 1.54) is 0 Å². The maximum atomic E-state index is 17.3. The summed E-state index contributed by atoms with van der Waals surface area (Å²) < 4.78 is 29.8. The Kier molecular flexibility index (Phi) is 15.8. The number of phenolic OH excluding ortho intramolecular Hbond substituents is 1. The number of rotatable bonds is 18. The summed E-state index contributed by atoms with van der Waals surface area (Å²) >= 11 is 1.58. The number of hydrogen-bond acceptors (Lipinski definition) is 18. The van der Waals surface area contributed by atoms with Crippen molar-refractivity contribution in [1.29, 1.82) is 0 Å². The summed E-state index contributed by atoms with van der Waals surface area (Å²) in [5.74, 6) is -0.325. The molecule has 3 aromatic carbocycles. The highest BCUT2D eigenvalue weighted by Crippen LogP contribution is 2.43. The highest BCUT2D eigenvalue weighted by atomic mass is 32.1. The molecule has 8 atom stereocenters. The highest BCUT2D eigenvalue weighted by Gasteiger charge is 2.53. The van der Waals surface area contributed by atoms with Crippen LogP contribution in [0.4, 0.5) is 15.9 Å². The van der Waals surface area contributed by atoms with Crippen molar-refractivity contribution in [3.8, 4) is 33.5 Å². The van der Waals surface area contributed by atoms with Gasteiger partial charge in [-0.3, -0.25) is 19.9 Å². The van der Waals surface area contributed by atoms with Crippen molar-refractivity contribution < 1.29 is 38.6 Å². The zero-order valence-corrected chi connectivity index (χ0v) is 48.8. The number of β-amino-alcohol motifs (C(OH)–C–C–N with tert-alkyl or cyclic N) is 1. The SMILES string of the molecule is CCc1cccc2cc(O)cc(-c3ncc4c(N5CC6CCC(C5)N6)nc(OCCC5CC(O)(CC6CCCCN6c6cnoc6C(C)(C)CC(=O)[C@@]6(C(=O)N[C@@H](C)c7ccc(-c8scnc8C)cc7)CC(O)CN6)CCN5)nc4c3F)c12. The van der Waals surface area contributed by atoms with Gasteiger partial charge in [0.15, 0.2) is 22.9 Å². The van der Waals surface area contributed by atoms with Crippen molar-refractivity contribution in [2.45, 2.75) is 165 Å². The van der Waals surface area contributed by atoms with Gasteiger partial charge in [-0.25, -0.2) is 9.37 Å². The minimum atomic E-state index is -1.65. The molecule has 12 rings (SSSR count). The number of hydrogen-bond donors (Lipinski definition) is 7. The van der Waals surface area contributed by atoms with E-state index in [2.05, 4.69) is 48.1 Å². The number of anilines is 2. The van der Waals surface area contributed by atoms with E-state index in [-0.39, 0.29) is 66.8 Å². The molecule has 5 aliphatic heterocycles. The molecular weight excluding hydrogens is 1070 g/mol. The number of aryl methyl sites for hydroxylation is 2. The van der Waals surface area contributed by atoms with Gasteiger partial charge in [0.25, 0.3) is 0 Å². The number of aromatic nitrogens is 5. The standard InChI is InChI=1S/C63H76FN11O7S/c1-6-38-10-9-11-41-24-46(76)25-48(52(38)41)54-53(64)55-49(31-66-54)58(74-33-43-17-18-44(34-74)71-43)73-60(72-55)81-23-19-42-26-62(80,20-21-65-42)27-45-12-7-8-22-75(45)50-32-69-82-57(50)61(4,5)29-51(78)63(28-47(77)30-68-63)59(79)70-36(2)39-13-15-40(16-14-39)56-37(3)67-35-83-56/h9-11,13-16,24-25,31-32,35-36,42-45,47,65,68,71,76-77,80H,6-8,12,17-23,26-30,33-34H2,1-5H3,(H,70,79)/t36-,42?,43?,44?,45?,47?,62?,63+/m0/s1. The molecule has 438 valence electrons. The van der Waals surface area contributed by atoms with E-state index < -0.39 is 40.4 Å². The first-order valence-corrected chi connectivity index (χ1v) is 30.6. The van der Waals surface area contributed by atoms with Gasteiger partial charge >= 0.3 is 6.01 Å². The third kappa shape index (κ3) is 11.3. The number of aliphatic hydroxyl groups is 2. The number of aromatic hydroxyl groups is 1. The molecule has 4 aromatic heterocycles. The van der Waals surface area contributed by atoms with Gasteiger partial charge in [-0.05, 0) is 124 Å². The van der Waals surface area contributed by atoms with Crippen molar-refractivity contribution in [1.82, 2.24) is 46.4 Å². The van der Waals surface area contributed by atoms with Crippen LogP contribution in [0, 0.1) is 12.7 Å². The molecule has 83 heavy (non-hydrogen) atoms. The molecule has 18 nitrogen and oxygen atoms in total. The Morgan fingerprint density at radius 1 is 1.04 bits per heavy atom. The van der Waals surface area contributed by atoms with Crippen LogP contribution in [0.1, 0.15) is 127 Å². The van der Waals surface area contributed by atoms with Gasteiger partial charge < -0.3 is 50.3 Å². The lowest BCUT2D eigenvalue weighted by Gasteiger charge is -2.45. The summed E-state index contributed by atoms with van der Waals surface area (Å²) in [4.78, 5) is 53.5. The van der Waals surface area contributed by atoms with Crippen molar-refractivity contribution in [2.75, 3.05) is 49.1 Å². The molecule has 5 aliphatic rings. The number of pyridine rings is 1. The minimum Gasteiger partial charge on any atom is -0.508 e. The van der Waals surface area contributed by atoms with Crippen LogP contribution in [-0.4, -0.2) is 133 Å². The van der Waals surface area contributed by atoms with Gasteiger partial charge in [-0.2, -0.15) is 9.97 Å². The van der Waals surface area contributed by atoms with E-state index in [1.807, 2.05) is 75.7 Å². The summed E-state index contributed by atoms with van der Waals surface area (Å²) in [5.41, 5.74) is 3.59. The van der Waals surface area contributed by atoms with Crippen LogP contribution in [0.25, 0.3) is 43.4 Å². The molecule has 5 fully saturated rings. The van der Waals surface area contributed by atoms with E-state index >= 15 is 4.39 Å². The fourth-order valence-corrected chi connectivity index (χ4v) is 14.8. The molecular formula is C63H76FN11O7S. The number of amides is 1. The molecule has 0 saturated carbocycles. The number of aliphatic hydroxyl groups excluding tert-OH is 1. The van der Waals surface area contributed by atoms with Crippen molar-refractivity contribution in [3.05, 3.63) is 101 Å². The Bertz CT molecular complexity index is 3530. The van der Waals surface area contributed by atoms with E-state index in [4.69, 9.17) is 24.2 Å². The van der Waals surface area contributed by atoms with Crippen molar-refractivity contribution in [3.63, 3.8) is 0 Å². The predicted molar refractivity (Wildman–Crippen MR) is 318 cm³/mol. The smallest absolute Gasteiger partial charge is 0.319 e. The van der Waals surface area contributed by atoms with Crippen molar-refractivity contribution in [2.24, 2.45) is 0 Å². The number of ether oxygens (including phenoxy) is 1. The fourth-order valence-electron chi connectivity index (χ4n) is 14.0. The Morgan fingerprint density at radius 2 is 1.84 bits per heavy atom. The van der Waals surface area contributed by atoms with Gasteiger partial charge in [-0.15, -0.1) is 11.3 Å². The van der Waals surface area contributed by atoms with Crippen molar-refractivity contribution >= 4 is 56.2 Å². The maximum absolute atomic E-state index is 17.3. The summed E-state index contributed by atoms with van der Waals surface area (Å²) in [6, 6.07) is 17.2.